The molecule has 2 aromatic heterocycles. The van der Waals surface area contributed by atoms with Crippen LogP contribution in [0.25, 0.3) is 11.3 Å². The molecule has 0 spiro atoms. The smallest absolute Gasteiger partial charge is 0.255 e. The van der Waals surface area contributed by atoms with Crippen molar-refractivity contribution < 1.29 is 4.52 Å². The maximum atomic E-state index is 12.4. The summed E-state index contributed by atoms with van der Waals surface area (Å²) in [5, 5.41) is 4.86. The highest BCUT2D eigenvalue weighted by atomic mass is 35.5. The van der Waals surface area contributed by atoms with Gasteiger partial charge in [0.25, 0.3) is 5.56 Å². The van der Waals surface area contributed by atoms with Crippen LogP contribution in [0.15, 0.2) is 39.6 Å². The van der Waals surface area contributed by atoms with E-state index in [4.69, 9.17) is 16.1 Å². The molecule has 1 N–H and O–H groups in total. The van der Waals surface area contributed by atoms with Gasteiger partial charge in [0, 0.05) is 48.6 Å². The molecule has 0 saturated carbocycles. The van der Waals surface area contributed by atoms with Gasteiger partial charge in [0.1, 0.15) is 5.82 Å². The summed E-state index contributed by atoms with van der Waals surface area (Å²) >= 11 is 5.93. The third-order valence-corrected chi connectivity index (χ3v) is 5.04. The minimum atomic E-state index is -0.0320. The molecule has 6 nitrogen and oxygen atoms in total. The topological polar surface area (TPSA) is 75.0 Å². The number of aromatic nitrogens is 3. The second-order valence-electron chi connectivity index (χ2n) is 7.18. The first-order chi connectivity index (χ1) is 13.0. The molecule has 0 radical (unpaired) electrons. The van der Waals surface area contributed by atoms with Gasteiger partial charge in [-0.1, -0.05) is 30.6 Å². The molecule has 0 bridgehead atoms. The molecule has 0 amide bonds. The third kappa shape index (κ3) is 3.82. The summed E-state index contributed by atoms with van der Waals surface area (Å²) in [5.41, 5.74) is 3.42. The fraction of sp³-hybridized carbons (Fsp3) is 0.350. The van der Waals surface area contributed by atoms with Gasteiger partial charge in [0.2, 0.25) is 0 Å². The number of benzene rings is 1. The molecule has 7 heteroatoms. The van der Waals surface area contributed by atoms with Crippen LogP contribution in [-0.2, 0) is 19.5 Å². The Labute approximate surface area is 162 Å². The molecule has 140 valence electrons. The van der Waals surface area contributed by atoms with Gasteiger partial charge in [-0.15, -0.1) is 0 Å². The molecular formula is C20H21ClN4O2. The summed E-state index contributed by atoms with van der Waals surface area (Å²) in [4.78, 5) is 22.2. The highest BCUT2D eigenvalue weighted by molar-refractivity contribution is 6.30. The van der Waals surface area contributed by atoms with E-state index in [0.29, 0.717) is 23.9 Å². The predicted octanol–water partition coefficient (Wildman–Crippen LogP) is 3.76. The Morgan fingerprint density at radius 3 is 2.81 bits per heavy atom. The quantitative estimate of drug-likeness (QED) is 0.741. The number of hydrogen-bond acceptors (Lipinski definition) is 5. The fourth-order valence-corrected chi connectivity index (χ4v) is 3.40. The molecule has 3 aromatic rings. The number of halogens is 1. The Balaban J connectivity index is 1.49. The molecule has 0 atom stereocenters. The molecule has 0 saturated heterocycles. The van der Waals surface area contributed by atoms with Crippen molar-refractivity contribution in [3.8, 4) is 11.3 Å². The average Bonchev–Trinajstić information content (AvgIpc) is 3.11. The summed E-state index contributed by atoms with van der Waals surface area (Å²) in [5.74, 6) is 1.68. The molecule has 4 rings (SSSR count). The van der Waals surface area contributed by atoms with Crippen molar-refractivity contribution in [1.82, 2.24) is 20.0 Å². The molecule has 0 aliphatic carbocycles. The van der Waals surface area contributed by atoms with E-state index in [2.05, 4.69) is 20.0 Å². The van der Waals surface area contributed by atoms with E-state index in [9.17, 15) is 4.79 Å². The normalized spacial score (nSPS) is 14.5. The zero-order valence-corrected chi connectivity index (χ0v) is 16.1. The van der Waals surface area contributed by atoms with E-state index in [0.717, 1.165) is 41.3 Å². The molecule has 0 unspecified atom stereocenters. The summed E-state index contributed by atoms with van der Waals surface area (Å²) in [7, 11) is 0. The summed E-state index contributed by atoms with van der Waals surface area (Å²) in [6.07, 6.45) is 0.765. The Hall–Kier alpha value is -2.44. The largest absolute Gasteiger partial charge is 0.356 e. The number of H-pyrrole nitrogens is 1. The number of rotatable bonds is 4. The molecule has 3 heterocycles. The second-order valence-corrected chi connectivity index (χ2v) is 7.62. The van der Waals surface area contributed by atoms with E-state index in [-0.39, 0.29) is 11.5 Å². The van der Waals surface area contributed by atoms with Crippen LogP contribution in [0.2, 0.25) is 5.02 Å². The van der Waals surface area contributed by atoms with Crippen LogP contribution >= 0.6 is 11.6 Å². The van der Waals surface area contributed by atoms with E-state index in [1.807, 2.05) is 44.2 Å². The minimum absolute atomic E-state index is 0.0320. The lowest BCUT2D eigenvalue weighted by Gasteiger charge is -2.27. The lowest BCUT2D eigenvalue weighted by atomic mass is 10.1. The average molecular weight is 385 g/mol. The standard InChI is InChI=1S/C20H21ClN4O2/c1-12(2)19-22-17-7-8-25(11-16(17)20(26)23-19)10-15-9-18(27-24-15)13-3-5-14(21)6-4-13/h3-6,9,12H,7-8,10-11H2,1-2H3,(H,22,23,26). The van der Waals surface area contributed by atoms with Gasteiger partial charge in [-0.3, -0.25) is 9.69 Å². The lowest BCUT2D eigenvalue weighted by Crippen LogP contribution is -2.36. The highest BCUT2D eigenvalue weighted by Gasteiger charge is 2.22. The van der Waals surface area contributed by atoms with Crippen molar-refractivity contribution in [2.75, 3.05) is 6.54 Å². The van der Waals surface area contributed by atoms with Crippen LogP contribution in [0, 0.1) is 0 Å². The van der Waals surface area contributed by atoms with E-state index in [1.54, 1.807) is 0 Å². The summed E-state index contributed by atoms with van der Waals surface area (Å²) in [6, 6.07) is 9.39. The fourth-order valence-electron chi connectivity index (χ4n) is 3.27. The maximum absolute atomic E-state index is 12.4. The van der Waals surface area contributed by atoms with Crippen molar-refractivity contribution in [3.63, 3.8) is 0 Å². The van der Waals surface area contributed by atoms with Gasteiger partial charge >= 0.3 is 0 Å². The summed E-state index contributed by atoms with van der Waals surface area (Å²) < 4.78 is 5.47. The molecule has 27 heavy (non-hydrogen) atoms. The van der Waals surface area contributed by atoms with Crippen molar-refractivity contribution in [1.29, 1.82) is 0 Å². The number of nitrogens with one attached hydrogen (secondary N) is 1. The van der Waals surface area contributed by atoms with Crippen molar-refractivity contribution in [3.05, 3.63) is 68.5 Å². The van der Waals surface area contributed by atoms with Crippen LogP contribution in [0.4, 0.5) is 0 Å². The highest BCUT2D eigenvalue weighted by Crippen LogP contribution is 2.24. The van der Waals surface area contributed by atoms with Gasteiger partial charge in [-0.05, 0) is 24.3 Å². The Morgan fingerprint density at radius 1 is 1.30 bits per heavy atom. The summed E-state index contributed by atoms with van der Waals surface area (Å²) in [6.45, 7) is 6.09. The number of hydrogen-bond donors (Lipinski definition) is 1. The zero-order valence-electron chi connectivity index (χ0n) is 15.3. The Kier molecular flexibility index (Phi) is 4.85. The van der Waals surface area contributed by atoms with Crippen LogP contribution in [0.3, 0.4) is 0 Å². The first-order valence-corrected chi connectivity index (χ1v) is 9.43. The van der Waals surface area contributed by atoms with Gasteiger partial charge in [0.15, 0.2) is 5.76 Å². The van der Waals surface area contributed by atoms with Crippen LogP contribution in [0.5, 0.6) is 0 Å². The number of aromatic amines is 1. The SMILES string of the molecule is CC(C)c1nc2c(c(=O)[nH]1)CN(Cc1cc(-c3ccc(Cl)cc3)on1)CC2. The van der Waals surface area contributed by atoms with Gasteiger partial charge in [0.05, 0.1) is 17.0 Å². The Morgan fingerprint density at radius 2 is 2.07 bits per heavy atom. The van der Waals surface area contributed by atoms with Crippen molar-refractivity contribution >= 4 is 11.6 Å². The monoisotopic (exact) mass is 384 g/mol. The van der Waals surface area contributed by atoms with Crippen LogP contribution in [-0.4, -0.2) is 26.6 Å². The van der Waals surface area contributed by atoms with Gasteiger partial charge < -0.3 is 9.51 Å². The first kappa shape index (κ1) is 17.9. The molecule has 1 aliphatic rings. The van der Waals surface area contributed by atoms with Gasteiger partial charge in [-0.2, -0.15) is 0 Å². The van der Waals surface area contributed by atoms with Gasteiger partial charge in [-0.25, -0.2) is 4.98 Å². The second kappa shape index (κ2) is 7.29. The Bertz CT molecular complexity index is 1010. The number of fused-ring (bicyclic) bond motifs is 1. The molecule has 1 aromatic carbocycles. The van der Waals surface area contributed by atoms with Crippen molar-refractivity contribution in [2.24, 2.45) is 0 Å². The third-order valence-electron chi connectivity index (χ3n) is 4.79. The minimum Gasteiger partial charge on any atom is -0.356 e. The first-order valence-electron chi connectivity index (χ1n) is 9.05. The van der Waals surface area contributed by atoms with E-state index < -0.39 is 0 Å². The number of nitrogens with zero attached hydrogens (tertiary/aromatic N) is 3. The molecular weight excluding hydrogens is 364 g/mol. The zero-order chi connectivity index (χ0) is 19.0. The molecule has 0 fully saturated rings. The molecule has 1 aliphatic heterocycles. The maximum Gasteiger partial charge on any atom is 0.255 e. The van der Waals surface area contributed by atoms with Crippen LogP contribution in [0.1, 0.15) is 42.5 Å². The van der Waals surface area contributed by atoms with Crippen molar-refractivity contribution in [2.45, 2.75) is 39.3 Å². The van der Waals surface area contributed by atoms with E-state index in [1.165, 1.54) is 0 Å². The predicted molar refractivity (Wildman–Crippen MR) is 104 cm³/mol. The lowest BCUT2D eigenvalue weighted by molar-refractivity contribution is 0.234. The van der Waals surface area contributed by atoms with E-state index >= 15 is 0 Å². The van der Waals surface area contributed by atoms with Crippen LogP contribution < -0.4 is 5.56 Å².